The van der Waals surface area contributed by atoms with Gasteiger partial charge in [-0.3, -0.25) is 0 Å². The standard InChI is InChI=1S/C15H24ClNO/c1-12-6-4-5-7-13(2)10-11-15(3,16)14(17-18)9-8-12/h6-7,14H,4-5,8-11H2,1-3H3. The van der Waals surface area contributed by atoms with Crippen LogP contribution < -0.4 is 0 Å². The molecule has 102 valence electrons. The molecule has 0 aromatic rings. The fourth-order valence-electron chi connectivity index (χ4n) is 2.30. The van der Waals surface area contributed by atoms with Gasteiger partial charge in [-0.15, -0.1) is 11.6 Å². The lowest BCUT2D eigenvalue weighted by Gasteiger charge is -2.27. The van der Waals surface area contributed by atoms with E-state index in [0.29, 0.717) is 0 Å². The molecular formula is C15H24ClNO. The van der Waals surface area contributed by atoms with E-state index in [1.54, 1.807) is 0 Å². The number of alkyl halides is 1. The van der Waals surface area contributed by atoms with Gasteiger partial charge in [0.25, 0.3) is 0 Å². The molecule has 0 spiro atoms. The largest absolute Gasteiger partial charge is 0.150 e. The number of hydrogen-bond donors (Lipinski definition) is 0. The molecule has 0 fully saturated rings. The number of halogens is 1. The van der Waals surface area contributed by atoms with Gasteiger partial charge in [0.1, 0.15) is 6.04 Å². The summed E-state index contributed by atoms with van der Waals surface area (Å²) in [5.41, 5.74) is 2.70. The molecule has 0 N–H and O–H groups in total. The molecule has 1 rings (SSSR count). The summed E-state index contributed by atoms with van der Waals surface area (Å²) in [7, 11) is 0. The van der Waals surface area contributed by atoms with Gasteiger partial charge < -0.3 is 0 Å². The number of hydrogen-bond acceptors (Lipinski definition) is 2. The molecule has 2 unspecified atom stereocenters. The Balaban J connectivity index is 2.83. The SMILES string of the molecule is CC1=CCCC=C(C)CCC(C)(Cl)C(N=O)CC1. The van der Waals surface area contributed by atoms with Gasteiger partial charge in [-0.05, 0) is 59.3 Å². The van der Waals surface area contributed by atoms with Crippen LogP contribution in [0.4, 0.5) is 0 Å². The van der Waals surface area contributed by atoms with Crippen molar-refractivity contribution in [3.05, 3.63) is 28.2 Å². The van der Waals surface area contributed by atoms with Crippen LogP contribution in [0.15, 0.2) is 28.5 Å². The van der Waals surface area contributed by atoms with Crippen molar-refractivity contribution in [3.63, 3.8) is 0 Å². The zero-order valence-corrected chi connectivity index (χ0v) is 12.5. The highest BCUT2D eigenvalue weighted by atomic mass is 35.5. The van der Waals surface area contributed by atoms with Crippen molar-refractivity contribution in [1.82, 2.24) is 0 Å². The van der Waals surface area contributed by atoms with E-state index in [1.165, 1.54) is 11.1 Å². The fourth-order valence-corrected chi connectivity index (χ4v) is 2.54. The average molecular weight is 270 g/mol. The molecule has 0 amide bonds. The van der Waals surface area contributed by atoms with E-state index in [9.17, 15) is 4.91 Å². The van der Waals surface area contributed by atoms with Crippen LogP contribution in [-0.2, 0) is 0 Å². The van der Waals surface area contributed by atoms with E-state index >= 15 is 0 Å². The van der Waals surface area contributed by atoms with Crippen molar-refractivity contribution < 1.29 is 0 Å². The third kappa shape index (κ3) is 4.93. The van der Waals surface area contributed by atoms with E-state index in [2.05, 4.69) is 31.2 Å². The molecule has 18 heavy (non-hydrogen) atoms. The van der Waals surface area contributed by atoms with Crippen LogP contribution in [0.3, 0.4) is 0 Å². The van der Waals surface area contributed by atoms with Crippen molar-refractivity contribution in [2.75, 3.05) is 0 Å². The average Bonchev–Trinajstić information content (AvgIpc) is 2.31. The quantitative estimate of drug-likeness (QED) is 0.358. The number of nitrogens with zero attached hydrogens (tertiary/aromatic N) is 1. The second-order valence-electron chi connectivity index (χ2n) is 5.62. The summed E-state index contributed by atoms with van der Waals surface area (Å²) in [6.07, 6.45) is 10.2. The Kier molecular flexibility index (Phi) is 6.07. The predicted octanol–water partition coefficient (Wildman–Crippen LogP) is 5.37. The van der Waals surface area contributed by atoms with Gasteiger partial charge in [-0.1, -0.05) is 28.5 Å². The minimum atomic E-state index is -0.518. The third-order valence-electron chi connectivity index (χ3n) is 3.79. The Morgan fingerprint density at radius 3 is 2.33 bits per heavy atom. The van der Waals surface area contributed by atoms with Crippen LogP contribution in [0.25, 0.3) is 0 Å². The summed E-state index contributed by atoms with van der Waals surface area (Å²) < 4.78 is 0. The van der Waals surface area contributed by atoms with Crippen LogP contribution >= 0.6 is 11.6 Å². The first kappa shape index (κ1) is 15.4. The molecule has 2 atom stereocenters. The summed E-state index contributed by atoms with van der Waals surface area (Å²) in [6, 6.07) is -0.297. The molecule has 0 aromatic carbocycles. The molecule has 2 nitrogen and oxygen atoms in total. The van der Waals surface area contributed by atoms with E-state index in [-0.39, 0.29) is 6.04 Å². The lowest BCUT2D eigenvalue weighted by atomic mass is 9.89. The molecule has 0 radical (unpaired) electrons. The Hall–Kier alpha value is -0.630. The topological polar surface area (TPSA) is 29.4 Å². The first-order valence-electron chi connectivity index (χ1n) is 6.78. The Labute approximate surface area is 115 Å². The van der Waals surface area contributed by atoms with E-state index in [1.807, 2.05) is 6.92 Å². The molecule has 0 aliphatic heterocycles. The van der Waals surface area contributed by atoms with Crippen LogP contribution in [0.5, 0.6) is 0 Å². The first-order chi connectivity index (χ1) is 8.45. The molecule has 0 bridgehead atoms. The first-order valence-corrected chi connectivity index (χ1v) is 7.16. The number of nitroso groups, excluding NO2 is 1. The molecule has 0 heterocycles. The van der Waals surface area contributed by atoms with Crippen molar-refractivity contribution in [2.24, 2.45) is 5.18 Å². The maximum absolute atomic E-state index is 11.0. The van der Waals surface area contributed by atoms with E-state index in [4.69, 9.17) is 11.6 Å². The summed E-state index contributed by atoms with van der Waals surface area (Å²) in [5.74, 6) is 0. The second-order valence-corrected chi connectivity index (χ2v) is 6.48. The van der Waals surface area contributed by atoms with E-state index < -0.39 is 4.87 Å². The minimum absolute atomic E-state index is 0.297. The number of allylic oxidation sites excluding steroid dienone is 4. The Morgan fingerprint density at radius 2 is 1.78 bits per heavy atom. The maximum Gasteiger partial charge on any atom is 0.111 e. The molecule has 3 heteroatoms. The van der Waals surface area contributed by atoms with Crippen LogP contribution in [0.2, 0.25) is 0 Å². The highest BCUT2D eigenvalue weighted by Gasteiger charge is 2.32. The molecule has 1 aliphatic rings. The maximum atomic E-state index is 11.0. The molecular weight excluding hydrogens is 246 g/mol. The monoisotopic (exact) mass is 269 g/mol. The smallest absolute Gasteiger partial charge is 0.111 e. The third-order valence-corrected chi connectivity index (χ3v) is 4.24. The summed E-state index contributed by atoms with van der Waals surface area (Å²) in [6.45, 7) is 6.20. The zero-order valence-electron chi connectivity index (χ0n) is 11.7. The van der Waals surface area contributed by atoms with Gasteiger partial charge in [0.05, 0.1) is 4.87 Å². The highest BCUT2D eigenvalue weighted by molar-refractivity contribution is 6.24. The molecule has 0 aromatic heterocycles. The van der Waals surface area contributed by atoms with Crippen LogP contribution in [0.1, 0.15) is 59.3 Å². The van der Waals surface area contributed by atoms with E-state index in [0.717, 1.165) is 38.5 Å². The van der Waals surface area contributed by atoms with Crippen LogP contribution in [-0.4, -0.2) is 10.9 Å². The summed E-state index contributed by atoms with van der Waals surface area (Å²) in [4.78, 5) is 10.5. The van der Waals surface area contributed by atoms with Gasteiger partial charge in [-0.25, -0.2) is 0 Å². The van der Waals surface area contributed by atoms with Crippen molar-refractivity contribution in [1.29, 1.82) is 0 Å². The minimum Gasteiger partial charge on any atom is -0.150 e. The highest BCUT2D eigenvalue weighted by Crippen LogP contribution is 2.32. The summed E-state index contributed by atoms with van der Waals surface area (Å²) >= 11 is 6.51. The Bertz CT molecular complexity index is 344. The van der Waals surface area contributed by atoms with Gasteiger partial charge in [-0.2, -0.15) is 4.91 Å². The predicted molar refractivity (Wildman–Crippen MR) is 79.1 cm³/mol. The normalized spacial score (nSPS) is 31.7. The fraction of sp³-hybridized carbons (Fsp3) is 0.733. The lowest BCUT2D eigenvalue weighted by Crippen LogP contribution is -2.32. The van der Waals surface area contributed by atoms with Crippen molar-refractivity contribution in [3.8, 4) is 0 Å². The van der Waals surface area contributed by atoms with Gasteiger partial charge in [0.2, 0.25) is 0 Å². The van der Waals surface area contributed by atoms with Gasteiger partial charge >= 0.3 is 0 Å². The number of rotatable bonds is 1. The van der Waals surface area contributed by atoms with Gasteiger partial charge in [0, 0.05) is 0 Å². The van der Waals surface area contributed by atoms with Gasteiger partial charge in [0.15, 0.2) is 0 Å². The second kappa shape index (κ2) is 7.08. The molecule has 0 saturated carbocycles. The van der Waals surface area contributed by atoms with Crippen molar-refractivity contribution in [2.45, 2.75) is 70.2 Å². The van der Waals surface area contributed by atoms with Crippen LogP contribution in [0, 0.1) is 4.91 Å². The molecule has 0 saturated heterocycles. The zero-order chi connectivity index (χ0) is 13.6. The molecule has 1 aliphatic carbocycles. The lowest BCUT2D eigenvalue weighted by molar-refractivity contribution is 0.437. The van der Waals surface area contributed by atoms with Crippen molar-refractivity contribution >= 4 is 11.6 Å². The summed E-state index contributed by atoms with van der Waals surface area (Å²) in [5, 5.41) is 3.26. The Morgan fingerprint density at radius 1 is 1.22 bits per heavy atom.